The normalized spacial score (nSPS) is 14.8. The lowest BCUT2D eigenvalue weighted by atomic mass is 10.2. The standard InChI is InChI=1S/C11H13N3O2/c1-14-6-5-12-11(14)13-9-4-2-3-8(7-9)10(15)16/h2-4,7H,5-6H2,1H3,(H,12,13)(H,15,16). The smallest absolute Gasteiger partial charge is 0.335 e. The first-order valence-electron chi connectivity index (χ1n) is 5.03. The van der Waals surface area contributed by atoms with Crippen LogP contribution in [0.15, 0.2) is 29.3 Å². The van der Waals surface area contributed by atoms with Crippen molar-refractivity contribution in [2.75, 3.05) is 25.5 Å². The Balaban J connectivity index is 2.15. The van der Waals surface area contributed by atoms with Crippen LogP contribution in [-0.2, 0) is 0 Å². The van der Waals surface area contributed by atoms with Gasteiger partial charge in [0.25, 0.3) is 0 Å². The van der Waals surface area contributed by atoms with Gasteiger partial charge in [-0.2, -0.15) is 0 Å². The molecule has 1 heterocycles. The highest BCUT2D eigenvalue weighted by atomic mass is 16.4. The molecule has 0 aromatic heterocycles. The van der Waals surface area contributed by atoms with Gasteiger partial charge >= 0.3 is 5.97 Å². The summed E-state index contributed by atoms with van der Waals surface area (Å²) < 4.78 is 0. The summed E-state index contributed by atoms with van der Waals surface area (Å²) in [6, 6.07) is 6.69. The molecule has 0 aliphatic carbocycles. The molecule has 84 valence electrons. The maximum atomic E-state index is 10.8. The summed E-state index contributed by atoms with van der Waals surface area (Å²) in [5.74, 6) is -0.145. The SMILES string of the molecule is CN1CCN=C1Nc1cccc(C(=O)O)c1. The fraction of sp³-hybridized carbons (Fsp3) is 0.273. The lowest BCUT2D eigenvalue weighted by Crippen LogP contribution is -2.29. The third-order valence-electron chi connectivity index (χ3n) is 2.42. The lowest BCUT2D eigenvalue weighted by molar-refractivity contribution is 0.0697. The van der Waals surface area contributed by atoms with Crippen LogP contribution in [0.2, 0.25) is 0 Å². The quantitative estimate of drug-likeness (QED) is 0.781. The molecule has 1 aliphatic heterocycles. The number of hydrogen-bond acceptors (Lipinski definition) is 4. The molecule has 0 radical (unpaired) electrons. The zero-order valence-corrected chi connectivity index (χ0v) is 8.97. The molecule has 0 spiro atoms. The predicted molar refractivity (Wildman–Crippen MR) is 62.0 cm³/mol. The van der Waals surface area contributed by atoms with Crippen molar-refractivity contribution in [3.8, 4) is 0 Å². The molecule has 2 N–H and O–H groups in total. The van der Waals surface area contributed by atoms with Crippen LogP contribution in [0.3, 0.4) is 0 Å². The summed E-state index contributed by atoms with van der Waals surface area (Å²) in [6.45, 7) is 1.67. The van der Waals surface area contributed by atoms with Crippen LogP contribution in [0.5, 0.6) is 0 Å². The van der Waals surface area contributed by atoms with E-state index in [-0.39, 0.29) is 5.56 Å². The van der Waals surface area contributed by atoms with Crippen molar-refractivity contribution in [3.63, 3.8) is 0 Å². The molecule has 1 aliphatic rings. The van der Waals surface area contributed by atoms with Crippen LogP contribution in [-0.4, -0.2) is 42.1 Å². The molecule has 0 saturated heterocycles. The van der Waals surface area contributed by atoms with E-state index in [1.165, 1.54) is 0 Å². The number of likely N-dealkylation sites (N-methyl/N-ethyl adjacent to an activating group) is 1. The Kier molecular flexibility index (Phi) is 2.76. The maximum Gasteiger partial charge on any atom is 0.335 e. The summed E-state index contributed by atoms with van der Waals surface area (Å²) in [5, 5.41) is 12.0. The second kappa shape index (κ2) is 4.22. The van der Waals surface area contributed by atoms with Crippen molar-refractivity contribution in [2.45, 2.75) is 0 Å². The topological polar surface area (TPSA) is 64.9 Å². The number of carboxylic acids is 1. The van der Waals surface area contributed by atoms with Crippen LogP contribution < -0.4 is 5.32 Å². The van der Waals surface area contributed by atoms with E-state index in [1.807, 2.05) is 18.0 Å². The molecular formula is C11H13N3O2. The van der Waals surface area contributed by atoms with E-state index in [0.29, 0.717) is 0 Å². The number of anilines is 1. The monoisotopic (exact) mass is 219 g/mol. The summed E-state index contributed by atoms with van der Waals surface area (Å²) in [5.41, 5.74) is 1.01. The van der Waals surface area contributed by atoms with E-state index in [1.54, 1.807) is 18.2 Å². The average molecular weight is 219 g/mol. The molecule has 1 aromatic carbocycles. The van der Waals surface area contributed by atoms with Gasteiger partial charge in [-0.15, -0.1) is 0 Å². The molecule has 0 saturated carbocycles. The molecule has 0 fully saturated rings. The second-order valence-electron chi connectivity index (χ2n) is 3.64. The number of rotatable bonds is 2. The molecular weight excluding hydrogens is 206 g/mol. The maximum absolute atomic E-state index is 10.8. The van der Waals surface area contributed by atoms with Crippen molar-refractivity contribution in [2.24, 2.45) is 4.99 Å². The van der Waals surface area contributed by atoms with Gasteiger partial charge in [0.2, 0.25) is 0 Å². The largest absolute Gasteiger partial charge is 0.478 e. The van der Waals surface area contributed by atoms with Gasteiger partial charge in [0.15, 0.2) is 5.96 Å². The number of nitrogens with one attached hydrogen (secondary N) is 1. The Morgan fingerprint density at radius 1 is 1.56 bits per heavy atom. The minimum absolute atomic E-state index is 0.270. The number of aromatic carboxylic acids is 1. The van der Waals surface area contributed by atoms with E-state index in [0.717, 1.165) is 24.7 Å². The van der Waals surface area contributed by atoms with Crippen molar-refractivity contribution in [1.29, 1.82) is 0 Å². The number of aliphatic imine (C=N–C) groups is 1. The molecule has 1 aromatic rings. The van der Waals surface area contributed by atoms with E-state index in [9.17, 15) is 4.79 Å². The zero-order valence-electron chi connectivity index (χ0n) is 8.97. The van der Waals surface area contributed by atoms with Gasteiger partial charge < -0.3 is 15.3 Å². The first kappa shape index (κ1) is 10.5. The number of guanidine groups is 1. The second-order valence-corrected chi connectivity index (χ2v) is 3.64. The van der Waals surface area contributed by atoms with Crippen LogP contribution in [0.1, 0.15) is 10.4 Å². The third kappa shape index (κ3) is 2.13. The van der Waals surface area contributed by atoms with Gasteiger partial charge in [-0.1, -0.05) is 6.07 Å². The first-order valence-corrected chi connectivity index (χ1v) is 5.03. The highest BCUT2D eigenvalue weighted by molar-refractivity contribution is 5.96. The van der Waals surface area contributed by atoms with Gasteiger partial charge in [0.1, 0.15) is 0 Å². The van der Waals surface area contributed by atoms with E-state index in [4.69, 9.17) is 5.11 Å². The summed E-state index contributed by atoms with van der Waals surface area (Å²) in [7, 11) is 1.94. The van der Waals surface area contributed by atoms with Crippen LogP contribution in [0, 0.1) is 0 Å². The van der Waals surface area contributed by atoms with Crippen LogP contribution in [0.4, 0.5) is 5.69 Å². The highest BCUT2D eigenvalue weighted by Crippen LogP contribution is 2.12. The molecule has 2 rings (SSSR count). The fourth-order valence-electron chi connectivity index (χ4n) is 1.53. The number of carbonyl (C=O) groups is 1. The Labute approximate surface area is 93.4 Å². The summed E-state index contributed by atoms with van der Waals surface area (Å²) in [6.07, 6.45) is 0. The van der Waals surface area contributed by atoms with E-state index < -0.39 is 5.97 Å². The number of carboxylic acid groups (broad SMARTS) is 1. The third-order valence-corrected chi connectivity index (χ3v) is 2.42. The zero-order chi connectivity index (χ0) is 11.5. The van der Waals surface area contributed by atoms with Gasteiger partial charge in [0, 0.05) is 19.3 Å². The van der Waals surface area contributed by atoms with E-state index in [2.05, 4.69) is 10.3 Å². The molecule has 5 nitrogen and oxygen atoms in total. The molecule has 5 heteroatoms. The minimum atomic E-state index is -0.926. The summed E-state index contributed by atoms with van der Waals surface area (Å²) in [4.78, 5) is 17.1. The fourth-order valence-corrected chi connectivity index (χ4v) is 1.53. The summed E-state index contributed by atoms with van der Waals surface area (Å²) >= 11 is 0. The Morgan fingerprint density at radius 2 is 2.38 bits per heavy atom. The van der Waals surface area contributed by atoms with Gasteiger partial charge in [-0.3, -0.25) is 4.99 Å². The Bertz CT molecular complexity index is 443. The van der Waals surface area contributed by atoms with Crippen LogP contribution in [0.25, 0.3) is 0 Å². The van der Waals surface area contributed by atoms with Crippen molar-refractivity contribution in [1.82, 2.24) is 4.90 Å². The van der Waals surface area contributed by atoms with E-state index >= 15 is 0 Å². The first-order chi connectivity index (χ1) is 7.66. The number of hydrogen-bond donors (Lipinski definition) is 2. The highest BCUT2D eigenvalue weighted by Gasteiger charge is 2.12. The number of benzene rings is 1. The van der Waals surface area contributed by atoms with Gasteiger partial charge in [0.05, 0.1) is 12.1 Å². The van der Waals surface area contributed by atoms with Gasteiger partial charge in [-0.05, 0) is 18.2 Å². The Hall–Kier alpha value is -2.04. The molecule has 0 amide bonds. The average Bonchev–Trinajstić information content (AvgIpc) is 2.65. The van der Waals surface area contributed by atoms with Crippen molar-refractivity contribution in [3.05, 3.63) is 29.8 Å². The van der Waals surface area contributed by atoms with Crippen molar-refractivity contribution < 1.29 is 9.90 Å². The molecule has 16 heavy (non-hydrogen) atoms. The van der Waals surface area contributed by atoms with Crippen LogP contribution >= 0.6 is 0 Å². The van der Waals surface area contributed by atoms with Gasteiger partial charge in [-0.25, -0.2) is 4.79 Å². The Morgan fingerprint density at radius 3 is 3.00 bits per heavy atom. The molecule has 0 bridgehead atoms. The number of nitrogens with zero attached hydrogens (tertiary/aromatic N) is 2. The van der Waals surface area contributed by atoms with Crippen molar-refractivity contribution >= 4 is 17.6 Å². The predicted octanol–water partition coefficient (Wildman–Crippen LogP) is 1.10. The molecule has 0 unspecified atom stereocenters. The molecule has 0 atom stereocenters. The lowest BCUT2D eigenvalue weighted by Gasteiger charge is -2.15. The minimum Gasteiger partial charge on any atom is -0.478 e.